The topological polar surface area (TPSA) is 84.3 Å². The van der Waals surface area contributed by atoms with E-state index in [0.29, 0.717) is 6.54 Å². The van der Waals surface area contributed by atoms with E-state index in [0.717, 1.165) is 37.9 Å². The van der Waals surface area contributed by atoms with E-state index in [9.17, 15) is 14.9 Å². The van der Waals surface area contributed by atoms with E-state index in [1.807, 2.05) is 0 Å². The van der Waals surface area contributed by atoms with Gasteiger partial charge < -0.3 is 10.6 Å². The maximum Gasteiger partial charge on any atom is 0.271 e. The third-order valence-electron chi connectivity index (χ3n) is 3.39. The van der Waals surface area contributed by atoms with Gasteiger partial charge in [-0.2, -0.15) is 0 Å². The maximum atomic E-state index is 12.1. The number of carbonyl (C=O) groups excluding carboxylic acids is 1. The molecule has 8 heteroatoms. The first-order valence-corrected chi connectivity index (χ1v) is 7.39. The number of piperidine rings is 1. The summed E-state index contributed by atoms with van der Waals surface area (Å²) in [6.07, 6.45) is 3.25. The molecule has 1 unspecified atom stereocenters. The molecule has 0 bridgehead atoms. The Balaban J connectivity index is 2.09. The van der Waals surface area contributed by atoms with E-state index in [4.69, 9.17) is 23.2 Å². The number of nitro groups is 1. The molecule has 1 fully saturated rings. The molecule has 0 spiro atoms. The predicted molar refractivity (Wildman–Crippen MR) is 81.1 cm³/mol. The van der Waals surface area contributed by atoms with E-state index in [1.165, 1.54) is 0 Å². The monoisotopic (exact) mass is 331 g/mol. The Morgan fingerprint density at radius 1 is 1.43 bits per heavy atom. The fourth-order valence-corrected chi connectivity index (χ4v) is 2.66. The zero-order chi connectivity index (χ0) is 15.4. The summed E-state index contributed by atoms with van der Waals surface area (Å²) in [6, 6.07) is 2.48. The van der Waals surface area contributed by atoms with Gasteiger partial charge in [0.2, 0.25) is 0 Å². The molecule has 2 rings (SSSR count). The van der Waals surface area contributed by atoms with Crippen molar-refractivity contribution in [2.75, 3.05) is 13.1 Å². The van der Waals surface area contributed by atoms with Crippen molar-refractivity contribution < 1.29 is 9.72 Å². The van der Waals surface area contributed by atoms with Crippen LogP contribution in [0.15, 0.2) is 12.1 Å². The van der Waals surface area contributed by atoms with Gasteiger partial charge in [0.1, 0.15) is 0 Å². The average Bonchev–Trinajstić information content (AvgIpc) is 2.48. The van der Waals surface area contributed by atoms with Gasteiger partial charge in [-0.15, -0.1) is 0 Å². The van der Waals surface area contributed by atoms with Crippen molar-refractivity contribution in [3.8, 4) is 0 Å². The number of hydrogen-bond donors (Lipinski definition) is 2. The molecule has 1 heterocycles. The third kappa shape index (κ3) is 4.06. The van der Waals surface area contributed by atoms with Crippen LogP contribution in [0.5, 0.6) is 0 Å². The molecule has 2 N–H and O–H groups in total. The van der Waals surface area contributed by atoms with Crippen LogP contribution in [0, 0.1) is 10.1 Å². The molecular weight excluding hydrogens is 317 g/mol. The highest BCUT2D eigenvalue weighted by Gasteiger charge is 2.20. The fraction of sp³-hybridized carbons (Fsp3) is 0.462. The number of nitro benzene ring substituents is 1. The molecule has 1 saturated heterocycles. The molecule has 0 saturated carbocycles. The lowest BCUT2D eigenvalue weighted by atomic mass is 10.0. The minimum Gasteiger partial charge on any atom is -0.350 e. The van der Waals surface area contributed by atoms with Gasteiger partial charge >= 0.3 is 0 Å². The van der Waals surface area contributed by atoms with Crippen molar-refractivity contribution in [1.82, 2.24) is 10.6 Å². The van der Waals surface area contributed by atoms with Crippen molar-refractivity contribution >= 4 is 34.8 Å². The predicted octanol–water partition coefficient (Wildman–Crippen LogP) is 2.77. The van der Waals surface area contributed by atoms with Gasteiger partial charge in [-0.3, -0.25) is 14.9 Å². The summed E-state index contributed by atoms with van der Waals surface area (Å²) in [6.45, 7) is 1.39. The van der Waals surface area contributed by atoms with Crippen LogP contribution in [0.2, 0.25) is 10.0 Å². The molecule has 0 aromatic heterocycles. The van der Waals surface area contributed by atoms with Gasteiger partial charge in [-0.1, -0.05) is 29.6 Å². The standard InChI is InChI=1S/C13H15Cl2N3O3/c14-11-6-9(18(20)21)5-10(12(11)15)13(19)17-7-8-3-1-2-4-16-8/h5-6,8,16H,1-4,7H2,(H,17,19). The largest absolute Gasteiger partial charge is 0.350 e. The van der Waals surface area contributed by atoms with Gasteiger partial charge in [0.05, 0.1) is 20.5 Å². The molecular formula is C13H15Cl2N3O3. The normalized spacial score (nSPS) is 18.3. The molecule has 21 heavy (non-hydrogen) atoms. The SMILES string of the molecule is O=C(NCC1CCCCN1)c1cc([N+](=O)[O-])cc(Cl)c1Cl. The van der Waals surface area contributed by atoms with E-state index in [1.54, 1.807) is 0 Å². The lowest BCUT2D eigenvalue weighted by molar-refractivity contribution is -0.384. The first kappa shape index (κ1) is 16.0. The Labute approximate surface area is 132 Å². The van der Waals surface area contributed by atoms with Crippen LogP contribution in [-0.4, -0.2) is 30.0 Å². The summed E-state index contributed by atoms with van der Waals surface area (Å²) in [7, 11) is 0. The number of carbonyl (C=O) groups is 1. The second kappa shape index (κ2) is 7.06. The van der Waals surface area contributed by atoms with Crippen molar-refractivity contribution in [1.29, 1.82) is 0 Å². The summed E-state index contributed by atoms with van der Waals surface area (Å²) in [4.78, 5) is 22.3. The first-order chi connectivity index (χ1) is 9.99. The lowest BCUT2D eigenvalue weighted by Gasteiger charge is -2.23. The quantitative estimate of drug-likeness (QED) is 0.656. The Morgan fingerprint density at radius 3 is 2.81 bits per heavy atom. The minimum atomic E-state index is -0.609. The third-order valence-corrected chi connectivity index (χ3v) is 4.19. The average molecular weight is 332 g/mol. The molecule has 1 aliphatic heterocycles. The molecule has 1 aromatic rings. The number of rotatable bonds is 4. The van der Waals surface area contributed by atoms with E-state index in [-0.39, 0.29) is 27.3 Å². The minimum absolute atomic E-state index is 0.00759. The molecule has 6 nitrogen and oxygen atoms in total. The summed E-state index contributed by atoms with van der Waals surface area (Å²) in [5.41, 5.74) is -0.239. The molecule has 1 atom stereocenters. The van der Waals surface area contributed by atoms with Gasteiger partial charge in [0, 0.05) is 24.7 Å². The number of nitrogens with one attached hydrogen (secondary N) is 2. The summed E-state index contributed by atoms with van der Waals surface area (Å²) < 4.78 is 0. The number of benzene rings is 1. The van der Waals surface area contributed by atoms with E-state index < -0.39 is 10.8 Å². The first-order valence-electron chi connectivity index (χ1n) is 6.64. The maximum absolute atomic E-state index is 12.1. The van der Waals surface area contributed by atoms with Crippen LogP contribution in [0.4, 0.5) is 5.69 Å². The number of nitrogens with zero attached hydrogens (tertiary/aromatic N) is 1. The number of halogens is 2. The van der Waals surface area contributed by atoms with Crippen LogP contribution < -0.4 is 10.6 Å². The van der Waals surface area contributed by atoms with Crippen molar-refractivity contribution in [3.63, 3.8) is 0 Å². The lowest BCUT2D eigenvalue weighted by Crippen LogP contribution is -2.43. The van der Waals surface area contributed by atoms with Gasteiger partial charge in [-0.05, 0) is 19.4 Å². The molecule has 0 aliphatic carbocycles. The highest BCUT2D eigenvalue weighted by Crippen LogP contribution is 2.30. The summed E-state index contributed by atoms with van der Waals surface area (Å²) in [5.74, 6) is -0.460. The number of hydrogen-bond acceptors (Lipinski definition) is 4. The zero-order valence-corrected chi connectivity index (χ0v) is 12.7. The van der Waals surface area contributed by atoms with Gasteiger partial charge in [0.15, 0.2) is 0 Å². The van der Waals surface area contributed by atoms with E-state index in [2.05, 4.69) is 10.6 Å². The van der Waals surface area contributed by atoms with Crippen LogP contribution in [-0.2, 0) is 0 Å². The Morgan fingerprint density at radius 2 is 2.19 bits per heavy atom. The van der Waals surface area contributed by atoms with Gasteiger partial charge in [-0.25, -0.2) is 0 Å². The van der Waals surface area contributed by atoms with Crippen molar-refractivity contribution in [2.24, 2.45) is 0 Å². The highest BCUT2D eigenvalue weighted by atomic mass is 35.5. The van der Waals surface area contributed by atoms with Crippen molar-refractivity contribution in [2.45, 2.75) is 25.3 Å². The van der Waals surface area contributed by atoms with Crippen molar-refractivity contribution in [3.05, 3.63) is 37.9 Å². The van der Waals surface area contributed by atoms with Gasteiger partial charge in [0.25, 0.3) is 11.6 Å². The smallest absolute Gasteiger partial charge is 0.271 e. The summed E-state index contributed by atoms with van der Waals surface area (Å²) >= 11 is 11.8. The van der Waals surface area contributed by atoms with Crippen LogP contribution in [0.3, 0.4) is 0 Å². The molecule has 1 amide bonds. The van der Waals surface area contributed by atoms with Crippen LogP contribution >= 0.6 is 23.2 Å². The Bertz CT molecular complexity index is 560. The summed E-state index contributed by atoms with van der Waals surface area (Å²) in [5, 5.41) is 16.9. The molecule has 1 aromatic carbocycles. The highest BCUT2D eigenvalue weighted by molar-refractivity contribution is 6.44. The zero-order valence-electron chi connectivity index (χ0n) is 11.2. The molecule has 0 radical (unpaired) electrons. The van der Waals surface area contributed by atoms with Crippen LogP contribution in [0.25, 0.3) is 0 Å². The Kier molecular flexibility index (Phi) is 5.39. The van der Waals surface area contributed by atoms with E-state index >= 15 is 0 Å². The fourth-order valence-electron chi connectivity index (χ4n) is 2.25. The number of non-ortho nitro benzene ring substituents is 1. The second-order valence-corrected chi connectivity index (χ2v) is 5.69. The molecule has 114 valence electrons. The Hall–Kier alpha value is -1.37. The van der Waals surface area contributed by atoms with Crippen LogP contribution in [0.1, 0.15) is 29.6 Å². The number of amides is 1. The second-order valence-electron chi connectivity index (χ2n) is 4.90. The molecule has 1 aliphatic rings.